The van der Waals surface area contributed by atoms with E-state index in [0.717, 1.165) is 12.1 Å². The number of hydrogen-bond acceptors (Lipinski definition) is 2. The fourth-order valence-corrected chi connectivity index (χ4v) is 2.44. The van der Waals surface area contributed by atoms with Gasteiger partial charge in [-0.2, -0.15) is 17.5 Å². The van der Waals surface area contributed by atoms with E-state index in [-0.39, 0.29) is 0 Å². The van der Waals surface area contributed by atoms with Gasteiger partial charge in [-0.15, -0.1) is 0 Å². The van der Waals surface area contributed by atoms with Crippen molar-refractivity contribution in [2.45, 2.75) is 6.18 Å². The summed E-state index contributed by atoms with van der Waals surface area (Å²) in [6, 6.07) is 4.95. The maximum Gasteiger partial charge on any atom is 0.416 e. The van der Waals surface area contributed by atoms with Crippen LogP contribution in [0.15, 0.2) is 24.3 Å². The predicted molar refractivity (Wildman–Crippen MR) is 66.0 cm³/mol. The highest BCUT2D eigenvalue weighted by Crippen LogP contribution is 2.30. The molecule has 0 saturated carbocycles. The van der Waals surface area contributed by atoms with Gasteiger partial charge >= 0.3 is 6.18 Å². The van der Waals surface area contributed by atoms with Gasteiger partial charge in [0.25, 0.3) is 0 Å². The molecule has 1 aromatic carbocycles. The van der Waals surface area contributed by atoms with Crippen molar-refractivity contribution in [3.8, 4) is 0 Å². The van der Waals surface area contributed by atoms with Crippen molar-refractivity contribution >= 4 is 17.0 Å². The summed E-state index contributed by atoms with van der Waals surface area (Å²) < 4.78 is 58.4. The Kier molecular flexibility index (Phi) is 4.12. The van der Waals surface area contributed by atoms with Crippen molar-refractivity contribution < 1.29 is 21.9 Å². The number of nitrogens with zero attached hydrogens (tertiary/aromatic N) is 2. The third-order valence-corrected chi connectivity index (χ3v) is 3.83. The van der Waals surface area contributed by atoms with Gasteiger partial charge in [0.1, 0.15) is 0 Å². The van der Waals surface area contributed by atoms with Crippen LogP contribution in [0.5, 0.6) is 0 Å². The molecule has 4 nitrogen and oxygen atoms in total. The van der Waals surface area contributed by atoms with Crippen molar-refractivity contribution in [1.29, 1.82) is 0 Å². The van der Waals surface area contributed by atoms with Crippen molar-refractivity contribution in [2.75, 3.05) is 31.1 Å². The molecule has 1 aromatic rings. The molecule has 1 aliphatic heterocycles. The lowest BCUT2D eigenvalue weighted by Gasteiger charge is -2.33. The molecule has 1 fully saturated rings. The maximum atomic E-state index is 12.4. The zero-order valence-electron chi connectivity index (χ0n) is 9.93. The molecule has 0 spiro atoms. The third-order valence-electron chi connectivity index (χ3n) is 3.02. The summed E-state index contributed by atoms with van der Waals surface area (Å²) in [7, 11) is 0. The molecule has 106 valence electrons. The number of rotatable bonds is 2. The number of anilines is 1. The molecule has 1 atom stereocenters. The Morgan fingerprint density at radius 3 is 2.00 bits per heavy atom. The minimum Gasteiger partial charge on any atom is -0.369 e. The highest BCUT2D eigenvalue weighted by molar-refractivity contribution is 7.76. The van der Waals surface area contributed by atoms with E-state index in [1.54, 1.807) is 0 Å². The van der Waals surface area contributed by atoms with Crippen LogP contribution in [0.25, 0.3) is 0 Å². The van der Waals surface area contributed by atoms with Gasteiger partial charge in [0.2, 0.25) is 11.3 Å². The topological polar surface area (TPSA) is 43.8 Å². The Morgan fingerprint density at radius 1 is 1.05 bits per heavy atom. The van der Waals surface area contributed by atoms with Gasteiger partial charge in [-0.3, -0.25) is 4.55 Å². The van der Waals surface area contributed by atoms with Crippen molar-refractivity contribution in [1.82, 2.24) is 4.31 Å². The first-order valence-corrected chi connectivity index (χ1v) is 6.72. The zero-order chi connectivity index (χ0) is 14.0. The van der Waals surface area contributed by atoms with Gasteiger partial charge in [0.15, 0.2) is 0 Å². The van der Waals surface area contributed by atoms with Crippen LogP contribution < -0.4 is 4.90 Å². The van der Waals surface area contributed by atoms with Gasteiger partial charge in [-0.05, 0) is 24.3 Å². The second-order valence-corrected chi connectivity index (χ2v) is 5.17. The summed E-state index contributed by atoms with van der Waals surface area (Å²) in [5, 5.41) is 0. The SMILES string of the molecule is O=S(O)N1CCN(c2ccc(C(F)(F)F)cc2)CC1. The van der Waals surface area contributed by atoms with Crippen LogP contribution in [0.1, 0.15) is 5.56 Å². The number of alkyl halides is 3. The molecular weight excluding hydrogens is 281 g/mol. The van der Waals surface area contributed by atoms with Crippen LogP contribution in [-0.4, -0.2) is 39.2 Å². The molecule has 0 radical (unpaired) electrons. The standard InChI is InChI=1S/C11H13F3N2O2S/c12-11(13,14)9-1-3-10(4-2-9)15-5-7-16(8-6-15)19(17)18/h1-4H,5-8H2,(H,17,18). The molecule has 19 heavy (non-hydrogen) atoms. The first-order chi connectivity index (χ1) is 8.88. The summed E-state index contributed by atoms with van der Waals surface area (Å²) in [6.07, 6.45) is -4.33. The third kappa shape index (κ3) is 3.46. The first-order valence-electron chi connectivity index (χ1n) is 5.66. The molecule has 0 amide bonds. The summed E-state index contributed by atoms with van der Waals surface area (Å²) in [5.74, 6) is 0. The van der Waals surface area contributed by atoms with Crippen LogP contribution in [0.2, 0.25) is 0 Å². The number of halogens is 3. The summed E-state index contributed by atoms with van der Waals surface area (Å²) >= 11 is -1.98. The van der Waals surface area contributed by atoms with Crippen LogP contribution in [0.3, 0.4) is 0 Å². The first kappa shape index (κ1) is 14.3. The van der Waals surface area contributed by atoms with E-state index in [0.29, 0.717) is 31.9 Å². The van der Waals surface area contributed by atoms with Crippen molar-refractivity contribution in [2.24, 2.45) is 0 Å². The van der Waals surface area contributed by atoms with E-state index in [9.17, 15) is 17.4 Å². The molecule has 1 aliphatic rings. The molecular formula is C11H13F3N2O2S. The van der Waals surface area contributed by atoms with E-state index in [1.165, 1.54) is 16.4 Å². The van der Waals surface area contributed by atoms with Gasteiger partial charge in [-0.1, -0.05) is 0 Å². The predicted octanol–water partition coefficient (Wildman–Crippen LogP) is 1.96. The van der Waals surface area contributed by atoms with E-state index < -0.39 is 23.0 Å². The molecule has 1 N–H and O–H groups in total. The molecule has 8 heteroatoms. The summed E-state index contributed by atoms with van der Waals surface area (Å²) in [6.45, 7) is 1.84. The number of benzene rings is 1. The molecule has 0 aromatic heterocycles. The number of hydrogen-bond donors (Lipinski definition) is 1. The molecule has 0 bridgehead atoms. The lowest BCUT2D eigenvalue weighted by atomic mass is 10.2. The minimum atomic E-state index is -4.33. The van der Waals surface area contributed by atoms with E-state index in [4.69, 9.17) is 4.55 Å². The molecule has 1 unspecified atom stereocenters. The van der Waals surface area contributed by atoms with Crippen molar-refractivity contribution in [3.63, 3.8) is 0 Å². The normalized spacial score (nSPS) is 19.5. The average molecular weight is 294 g/mol. The number of piperazine rings is 1. The summed E-state index contributed by atoms with van der Waals surface area (Å²) in [4.78, 5) is 1.89. The molecule has 1 heterocycles. The minimum absolute atomic E-state index is 0.407. The Balaban J connectivity index is 2.02. The second-order valence-electron chi connectivity index (χ2n) is 4.19. The Hall–Kier alpha value is -1.12. The van der Waals surface area contributed by atoms with Crippen molar-refractivity contribution in [3.05, 3.63) is 29.8 Å². The second kappa shape index (κ2) is 5.48. The van der Waals surface area contributed by atoms with Crippen LogP contribution in [0, 0.1) is 0 Å². The fraction of sp³-hybridized carbons (Fsp3) is 0.455. The molecule has 2 rings (SSSR count). The smallest absolute Gasteiger partial charge is 0.369 e. The van der Waals surface area contributed by atoms with E-state index >= 15 is 0 Å². The lowest BCUT2D eigenvalue weighted by Crippen LogP contribution is -2.46. The average Bonchev–Trinajstić information content (AvgIpc) is 2.38. The monoisotopic (exact) mass is 294 g/mol. The largest absolute Gasteiger partial charge is 0.416 e. The fourth-order valence-electron chi connectivity index (χ4n) is 1.96. The van der Waals surface area contributed by atoms with Crippen LogP contribution in [0.4, 0.5) is 18.9 Å². The molecule has 0 aliphatic carbocycles. The van der Waals surface area contributed by atoms with Gasteiger partial charge < -0.3 is 4.90 Å². The Labute approximate surface area is 111 Å². The van der Waals surface area contributed by atoms with E-state index in [1.807, 2.05) is 4.90 Å². The van der Waals surface area contributed by atoms with E-state index in [2.05, 4.69) is 0 Å². The Bertz CT molecular complexity index is 456. The molecule has 1 saturated heterocycles. The Morgan fingerprint density at radius 2 is 1.58 bits per heavy atom. The highest BCUT2D eigenvalue weighted by Gasteiger charge is 2.30. The zero-order valence-corrected chi connectivity index (χ0v) is 10.7. The maximum absolute atomic E-state index is 12.4. The quantitative estimate of drug-likeness (QED) is 0.848. The van der Waals surface area contributed by atoms with Gasteiger partial charge in [0, 0.05) is 31.9 Å². The summed E-state index contributed by atoms with van der Waals surface area (Å²) in [5.41, 5.74) is 0.0164. The lowest BCUT2D eigenvalue weighted by molar-refractivity contribution is -0.137. The highest BCUT2D eigenvalue weighted by atomic mass is 32.2. The van der Waals surface area contributed by atoms with Crippen LogP contribution >= 0.6 is 0 Å². The van der Waals surface area contributed by atoms with Gasteiger partial charge in [-0.25, -0.2) is 4.21 Å². The van der Waals surface area contributed by atoms with Crippen LogP contribution in [-0.2, 0) is 17.4 Å². The van der Waals surface area contributed by atoms with Gasteiger partial charge in [0.05, 0.1) is 5.56 Å².